The Morgan fingerprint density at radius 3 is 2.65 bits per heavy atom. The third-order valence-electron chi connectivity index (χ3n) is 4.92. The van der Waals surface area contributed by atoms with E-state index in [2.05, 4.69) is 20.5 Å². The molecule has 0 saturated carbocycles. The van der Waals surface area contributed by atoms with Gasteiger partial charge in [0, 0.05) is 5.56 Å². The zero-order chi connectivity index (χ0) is 21.6. The number of hydrogen-bond acceptors (Lipinski definition) is 6. The number of rotatable bonds is 3. The average Bonchev–Trinajstić information content (AvgIpc) is 3.40. The van der Waals surface area contributed by atoms with Crippen LogP contribution in [-0.4, -0.2) is 25.1 Å². The largest absolute Gasteiger partial charge is 0.416 e. The fraction of sp³-hybridized carbons (Fsp3) is 0.200. The van der Waals surface area contributed by atoms with Crippen LogP contribution in [-0.2, 0) is 24.1 Å². The summed E-state index contributed by atoms with van der Waals surface area (Å²) in [6.45, 7) is 0.494. The minimum absolute atomic E-state index is 0.00349. The predicted octanol–water partition coefficient (Wildman–Crippen LogP) is 4.42. The van der Waals surface area contributed by atoms with Crippen LogP contribution >= 0.6 is 0 Å². The van der Waals surface area contributed by atoms with E-state index in [1.165, 1.54) is 24.3 Å². The lowest BCUT2D eigenvalue weighted by Gasteiger charge is -2.24. The van der Waals surface area contributed by atoms with Crippen molar-refractivity contribution in [1.82, 2.24) is 25.1 Å². The summed E-state index contributed by atoms with van der Waals surface area (Å²) in [7, 11) is 0. The van der Waals surface area contributed by atoms with Crippen LogP contribution in [0.4, 0.5) is 17.6 Å². The fourth-order valence-corrected chi connectivity index (χ4v) is 3.33. The van der Waals surface area contributed by atoms with E-state index in [1.807, 2.05) is 0 Å². The lowest BCUT2D eigenvalue weighted by Crippen LogP contribution is -2.22. The summed E-state index contributed by atoms with van der Waals surface area (Å²) >= 11 is 0. The second kappa shape index (κ2) is 7.27. The molecule has 2 aromatic carbocycles. The van der Waals surface area contributed by atoms with Gasteiger partial charge in [-0.1, -0.05) is 34.6 Å². The van der Waals surface area contributed by atoms with E-state index < -0.39 is 11.7 Å². The van der Waals surface area contributed by atoms with Gasteiger partial charge < -0.3 is 9.26 Å². The topological polar surface area (TPSA) is 78.9 Å². The predicted molar refractivity (Wildman–Crippen MR) is 97.7 cm³/mol. The molecule has 2 aromatic heterocycles. The second-order valence-electron chi connectivity index (χ2n) is 6.92. The van der Waals surface area contributed by atoms with Gasteiger partial charge in [-0.05, 0) is 29.8 Å². The van der Waals surface area contributed by atoms with Crippen molar-refractivity contribution in [2.24, 2.45) is 0 Å². The van der Waals surface area contributed by atoms with Crippen molar-refractivity contribution in [3.63, 3.8) is 0 Å². The third kappa shape index (κ3) is 3.67. The van der Waals surface area contributed by atoms with Crippen LogP contribution in [0.5, 0.6) is 0 Å². The molecule has 0 N–H and O–H groups in total. The molecule has 0 bridgehead atoms. The molecule has 1 aliphatic heterocycles. The van der Waals surface area contributed by atoms with E-state index in [0.717, 1.165) is 17.7 Å². The lowest BCUT2D eigenvalue weighted by molar-refractivity contribution is -0.137. The Kier molecular flexibility index (Phi) is 4.54. The monoisotopic (exact) mass is 431 g/mol. The highest BCUT2D eigenvalue weighted by Gasteiger charge is 2.31. The van der Waals surface area contributed by atoms with Crippen molar-refractivity contribution in [3.8, 4) is 23.0 Å². The summed E-state index contributed by atoms with van der Waals surface area (Å²) in [6, 6.07) is 10.6. The number of alkyl halides is 3. The molecular formula is C20H13F4N5O2. The second-order valence-corrected chi connectivity index (χ2v) is 6.92. The Labute approximate surface area is 172 Å². The minimum Gasteiger partial charge on any atom is -0.365 e. The first-order valence-electron chi connectivity index (χ1n) is 9.19. The Balaban J connectivity index is 1.40. The Morgan fingerprint density at radius 2 is 1.87 bits per heavy atom. The number of fused-ring (bicyclic) bond motifs is 1. The van der Waals surface area contributed by atoms with Crippen molar-refractivity contribution >= 4 is 0 Å². The van der Waals surface area contributed by atoms with Gasteiger partial charge in [-0.2, -0.15) is 18.2 Å². The number of hydrogen-bond donors (Lipinski definition) is 0. The summed E-state index contributed by atoms with van der Waals surface area (Å²) in [4.78, 5) is 4.18. The smallest absolute Gasteiger partial charge is 0.365 e. The highest BCUT2D eigenvalue weighted by molar-refractivity contribution is 5.59. The summed E-state index contributed by atoms with van der Waals surface area (Å²) in [5.41, 5.74) is 1.05. The normalized spacial score (nSPS) is 16.3. The number of nitrogens with zero attached hydrogens (tertiary/aromatic N) is 5. The maximum atomic E-state index is 13.1. The molecule has 4 aromatic rings. The van der Waals surface area contributed by atoms with Gasteiger partial charge in [-0.25, -0.2) is 9.07 Å². The van der Waals surface area contributed by atoms with E-state index in [9.17, 15) is 17.6 Å². The van der Waals surface area contributed by atoms with E-state index in [4.69, 9.17) is 9.26 Å². The van der Waals surface area contributed by atoms with E-state index in [-0.39, 0.29) is 35.8 Å². The van der Waals surface area contributed by atoms with Gasteiger partial charge in [-0.3, -0.25) is 0 Å². The van der Waals surface area contributed by atoms with Gasteiger partial charge in [0.25, 0.3) is 5.89 Å². The lowest BCUT2D eigenvalue weighted by atomic mass is 10.1. The summed E-state index contributed by atoms with van der Waals surface area (Å²) in [5, 5.41) is 11.9. The fourth-order valence-electron chi connectivity index (χ4n) is 3.33. The molecule has 0 fully saturated rings. The first-order valence-corrected chi connectivity index (χ1v) is 9.19. The van der Waals surface area contributed by atoms with Crippen molar-refractivity contribution < 1.29 is 26.8 Å². The van der Waals surface area contributed by atoms with Gasteiger partial charge in [0.05, 0.1) is 24.4 Å². The van der Waals surface area contributed by atoms with Crippen LogP contribution in [0.2, 0.25) is 0 Å². The highest BCUT2D eigenvalue weighted by atomic mass is 19.4. The van der Waals surface area contributed by atoms with Gasteiger partial charge >= 0.3 is 6.18 Å². The zero-order valence-corrected chi connectivity index (χ0v) is 15.7. The maximum absolute atomic E-state index is 13.1. The van der Waals surface area contributed by atoms with Gasteiger partial charge in [0.1, 0.15) is 11.9 Å². The van der Waals surface area contributed by atoms with E-state index in [1.54, 1.807) is 16.8 Å². The maximum Gasteiger partial charge on any atom is 0.416 e. The zero-order valence-electron chi connectivity index (χ0n) is 15.7. The standard InChI is InChI=1S/C20H13F4N5O2/c21-14-6-4-11(5-7-14)16-9-29-15(10-30-16)17(26-28-29)19-25-18(27-31-19)12-2-1-3-13(8-12)20(22,23)24/h1-8,16H,9-10H2/t16-/m0/s1. The molecule has 0 unspecified atom stereocenters. The van der Waals surface area contributed by atoms with Crippen molar-refractivity contribution in [2.45, 2.75) is 25.4 Å². The number of ether oxygens (including phenoxy) is 1. The molecule has 1 aliphatic rings. The molecule has 3 heterocycles. The highest BCUT2D eigenvalue weighted by Crippen LogP contribution is 2.33. The van der Waals surface area contributed by atoms with Crippen molar-refractivity contribution in [3.05, 3.63) is 71.2 Å². The van der Waals surface area contributed by atoms with Crippen LogP contribution in [0.3, 0.4) is 0 Å². The number of aromatic nitrogens is 5. The van der Waals surface area contributed by atoms with Gasteiger partial charge in [0.2, 0.25) is 5.82 Å². The molecule has 31 heavy (non-hydrogen) atoms. The molecule has 0 amide bonds. The SMILES string of the molecule is Fc1ccc([C@@H]2Cn3nnc(-c4nc(-c5cccc(C(F)(F)F)c5)no4)c3CO2)cc1. The van der Waals surface area contributed by atoms with Crippen LogP contribution in [0.25, 0.3) is 23.0 Å². The van der Waals surface area contributed by atoms with Crippen molar-refractivity contribution in [2.75, 3.05) is 0 Å². The van der Waals surface area contributed by atoms with Crippen LogP contribution in [0, 0.1) is 5.82 Å². The van der Waals surface area contributed by atoms with Crippen molar-refractivity contribution in [1.29, 1.82) is 0 Å². The summed E-state index contributed by atoms with van der Waals surface area (Å²) < 4.78 is 64.7. The third-order valence-corrected chi connectivity index (χ3v) is 4.92. The molecule has 0 saturated heterocycles. The first-order chi connectivity index (χ1) is 14.9. The van der Waals surface area contributed by atoms with Crippen LogP contribution < -0.4 is 0 Å². The minimum atomic E-state index is -4.48. The van der Waals surface area contributed by atoms with E-state index in [0.29, 0.717) is 17.9 Å². The number of benzene rings is 2. The molecule has 11 heteroatoms. The molecule has 1 atom stereocenters. The van der Waals surface area contributed by atoms with Gasteiger partial charge in [0.15, 0.2) is 5.69 Å². The Hall–Kier alpha value is -3.60. The molecular weight excluding hydrogens is 418 g/mol. The molecule has 0 aliphatic carbocycles. The molecule has 158 valence electrons. The first kappa shape index (κ1) is 19.4. The van der Waals surface area contributed by atoms with E-state index >= 15 is 0 Å². The quantitative estimate of drug-likeness (QED) is 0.447. The Bertz CT molecular complexity index is 1230. The van der Waals surface area contributed by atoms with Crippen LogP contribution in [0.1, 0.15) is 22.9 Å². The molecule has 0 spiro atoms. The molecule has 7 nitrogen and oxygen atoms in total. The summed E-state index contributed by atoms with van der Waals surface area (Å²) in [5.74, 6) is -0.308. The number of halogens is 4. The average molecular weight is 431 g/mol. The van der Waals surface area contributed by atoms with Gasteiger partial charge in [-0.15, -0.1) is 5.10 Å². The Morgan fingerprint density at radius 1 is 1.06 bits per heavy atom. The summed E-state index contributed by atoms with van der Waals surface area (Å²) in [6.07, 6.45) is -4.81. The molecule has 5 rings (SSSR count). The molecule has 0 radical (unpaired) electrons. The van der Waals surface area contributed by atoms with Crippen LogP contribution in [0.15, 0.2) is 53.1 Å².